The van der Waals surface area contributed by atoms with Gasteiger partial charge in [-0.25, -0.2) is 13.2 Å². The first kappa shape index (κ1) is 17.5. The van der Waals surface area contributed by atoms with E-state index in [2.05, 4.69) is 20.4 Å². The van der Waals surface area contributed by atoms with Gasteiger partial charge >= 0.3 is 0 Å². The summed E-state index contributed by atoms with van der Waals surface area (Å²) in [6.45, 7) is 2.53. The molecule has 1 aromatic heterocycles. The third-order valence-corrected chi connectivity index (χ3v) is 4.99. The lowest BCUT2D eigenvalue weighted by Crippen LogP contribution is -2.61. The van der Waals surface area contributed by atoms with Crippen LogP contribution in [0, 0.1) is 6.92 Å². The molecule has 1 aromatic carbocycles. The molecule has 10 heteroatoms. The van der Waals surface area contributed by atoms with E-state index in [-0.39, 0.29) is 29.4 Å². The quantitative estimate of drug-likeness (QED) is 0.834. The first-order valence-electron chi connectivity index (χ1n) is 8.22. The molecule has 0 radical (unpaired) electrons. The molecule has 2 heterocycles. The summed E-state index contributed by atoms with van der Waals surface area (Å²) in [6, 6.07) is 4.59. The summed E-state index contributed by atoms with van der Waals surface area (Å²) in [6.07, 6.45) is -1.10. The van der Waals surface area contributed by atoms with Crippen molar-refractivity contribution in [2.24, 2.45) is 10.7 Å². The number of amidine groups is 1. The summed E-state index contributed by atoms with van der Waals surface area (Å²) >= 11 is 0. The SMILES string of the molecule is Cc1nc(C(=O)Nc2ccc3c(c2)[C@@]2(C3)N=C(N)[C@](C)(F)CC2(F)F)no1. The van der Waals surface area contributed by atoms with Crippen molar-refractivity contribution >= 4 is 17.4 Å². The predicted molar refractivity (Wildman–Crippen MR) is 89.5 cm³/mol. The van der Waals surface area contributed by atoms with Crippen molar-refractivity contribution in [3.63, 3.8) is 0 Å². The molecule has 0 saturated heterocycles. The molecule has 3 N–H and O–H groups in total. The van der Waals surface area contributed by atoms with E-state index in [4.69, 9.17) is 10.3 Å². The Morgan fingerprint density at radius 2 is 2.07 bits per heavy atom. The molecule has 0 saturated carbocycles. The maximum absolute atomic E-state index is 14.8. The standard InChI is InChI=1S/C17H16F3N5O2/c1-8-22-12(25-27-8)13(26)23-10-4-3-9-6-16(11(9)5-10)17(19,20)7-15(2,18)14(21)24-16/h3-5H,6-7H2,1-2H3,(H2,21,24)(H,23,26)/t15-,16-/m1/s1. The van der Waals surface area contributed by atoms with Gasteiger partial charge in [0.2, 0.25) is 5.89 Å². The number of halogens is 3. The van der Waals surface area contributed by atoms with Gasteiger partial charge in [-0.2, -0.15) is 4.98 Å². The van der Waals surface area contributed by atoms with Crippen molar-refractivity contribution in [1.29, 1.82) is 0 Å². The first-order valence-corrected chi connectivity index (χ1v) is 8.22. The van der Waals surface area contributed by atoms with E-state index in [1.54, 1.807) is 12.1 Å². The minimum absolute atomic E-state index is 0.0512. The van der Waals surface area contributed by atoms with E-state index < -0.39 is 35.3 Å². The number of nitrogens with zero attached hydrogens (tertiary/aromatic N) is 3. The Morgan fingerprint density at radius 1 is 1.33 bits per heavy atom. The Morgan fingerprint density at radius 3 is 2.74 bits per heavy atom. The van der Waals surface area contributed by atoms with Crippen LogP contribution in [0.15, 0.2) is 27.7 Å². The van der Waals surface area contributed by atoms with Gasteiger partial charge in [0, 0.05) is 19.0 Å². The Kier molecular flexibility index (Phi) is 3.44. The molecule has 0 unspecified atom stereocenters. The molecule has 1 amide bonds. The summed E-state index contributed by atoms with van der Waals surface area (Å²) < 4.78 is 48.6. The highest BCUT2D eigenvalue weighted by Crippen LogP contribution is 2.57. The van der Waals surface area contributed by atoms with Gasteiger partial charge in [0.1, 0.15) is 5.84 Å². The number of nitrogens with two attached hydrogens (primary N) is 1. The van der Waals surface area contributed by atoms with Crippen LogP contribution in [0.25, 0.3) is 0 Å². The van der Waals surface area contributed by atoms with Gasteiger partial charge in [0.15, 0.2) is 11.2 Å². The van der Waals surface area contributed by atoms with E-state index in [0.717, 1.165) is 6.92 Å². The second-order valence-corrected chi connectivity index (χ2v) is 7.08. The summed E-state index contributed by atoms with van der Waals surface area (Å²) in [5.74, 6) is -4.47. The fraction of sp³-hybridized carbons (Fsp3) is 0.412. The van der Waals surface area contributed by atoms with E-state index in [0.29, 0.717) is 5.56 Å². The van der Waals surface area contributed by atoms with Crippen molar-refractivity contribution in [3.05, 3.63) is 41.0 Å². The molecule has 4 rings (SSSR count). The molecule has 0 fully saturated rings. The van der Waals surface area contributed by atoms with Crippen LogP contribution in [0.2, 0.25) is 0 Å². The van der Waals surface area contributed by atoms with Crippen molar-refractivity contribution in [2.75, 3.05) is 5.32 Å². The van der Waals surface area contributed by atoms with Crippen LogP contribution in [0.4, 0.5) is 18.9 Å². The molecule has 2 aromatic rings. The topological polar surface area (TPSA) is 106 Å². The number of aromatic nitrogens is 2. The molecular weight excluding hydrogens is 363 g/mol. The van der Waals surface area contributed by atoms with E-state index in [1.807, 2.05) is 0 Å². The Hall–Kier alpha value is -2.91. The average Bonchev–Trinajstić information content (AvgIpc) is 2.98. The fourth-order valence-corrected chi connectivity index (χ4v) is 3.52. The number of alkyl halides is 3. The molecule has 0 bridgehead atoms. The summed E-state index contributed by atoms with van der Waals surface area (Å²) in [4.78, 5) is 19.8. The van der Waals surface area contributed by atoms with Gasteiger partial charge in [0.25, 0.3) is 17.7 Å². The number of amides is 1. The number of rotatable bonds is 2. The zero-order valence-corrected chi connectivity index (χ0v) is 14.5. The molecule has 2 aliphatic rings. The lowest BCUT2D eigenvalue weighted by atomic mass is 9.63. The number of benzene rings is 1. The lowest BCUT2D eigenvalue weighted by molar-refractivity contribution is -0.120. The third kappa shape index (κ3) is 2.50. The Balaban J connectivity index is 1.68. The number of carbonyl (C=O) groups is 1. The Bertz CT molecular complexity index is 985. The van der Waals surface area contributed by atoms with Crippen LogP contribution in [-0.2, 0) is 12.0 Å². The van der Waals surface area contributed by atoms with Crippen molar-refractivity contribution in [1.82, 2.24) is 10.1 Å². The molecule has 1 aliphatic carbocycles. The van der Waals surface area contributed by atoms with E-state index in [9.17, 15) is 18.0 Å². The van der Waals surface area contributed by atoms with Crippen LogP contribution in [0.3, 0.4) is 0 Å². The van der Waals surface area contributed by atoms with Crippen molar-refractivity contribution in [2.45, 2.75) is 43.8 Å². The lowest BCUT2D eigenvalue weighted by Gasteiger charge is -2.50. The van der Waals surface area contributed by atoms with Crippen LogP contribution >= 0.6 is 0 Å². The van der Waals surface area contributed by atoms with Crippen molar-refractivity contribution < 1.29 is 22.5 Å². The smallest absolute Gasteiger partial charge is 0.297 e. The number of aryl methyl sites for hydroxylation is 1. The highest BCUT2D eigenvalue weighted by atomic mass is 19.3. The third-order valence-electron chi connectivity index (χ3n) is 4.99. The van der Waals surface area contributed by atoms with Gasteiger partial charge in [-0.05, 0) is 30.2 Å². The van der Waals surface area contributed by atoms with Crippen molar-refractivity contribution in [3.8, 4) is 0 Å². The zero-order chi connectivity index (χ0) is 19.6. The maximum Gasteiger partial charge on any atom is 0.297 e. The van der Waals surface area contributed by atoms with E-state index >= 15 is 0 Å². The minimum Gasteiger partial charge on any atom is -0.385 e. The minimum atomic E-state index is -3.42. The highest BCUT2D eigenvalue weighted by Gasteiger charge is 2.66. The van der Waals surface area contributed by atoms with Gasteiger partial charge in [0.05, 0.1) is 6.42 Å². The largest absolute Gasteiger partial charge is 0.385 e. The number of nitrogens with one attached hydrogen (secondary N) is 1. The zero-order valence-electron chi connectivity index (χ0n) is 14.5. The molecular formula is C17H16F3N5O2. The molecule has 7 nitrogen and oxygen atoms in total. The number of fused-ring (bicyclic) bond motifs is 2. The van der Waals surface area contributed by atoms with Crippen LogP contribution in [0.1, 0.15) is 41.0 Å². The number of aliphatic imine (C=N–C) groups is 1. The monoisotopic (exact) mass is 379 g/mol. The number of hydrogen-bond donors (Lipinski definition) is 2. The average molecular weight is 379 g/mol. The van der Waals surface area contributed by atoms with E-state index in [1.165, 1.54) is 13.0 Å². The molecule has 27 heavy (non-hydrogen) atoms. The van der Waals surface area contributed by atoms with Crippen LogP contribution in [-0.4, -0.2) is 33.5 Å². The summed E-state index contributed by atoms with van der Waals surface area (Å²) in [7, 11) is 0. The Labute approximate surface area is 151 Å². The van der Waals surface area contributed by atoms with Crippen LogP contribution < -0.4 is 11.1 Å². The normalized spacial score (nSPS) is 28.3. The molecule has 1 spiro atoms. The number of carbonyl (C=O) groups excluding carboxylic acids is 1. The van der Waals surface area contributed by atoms with Crippen LogP contribution in [0.5, 0.6) is 0 Å². The predicted octanol–water partition coefficient (Wildman–Crippen LogP) is 2.51. The fourth-order valence-electron chi connectivity index (χ4n) is 3.52. The first-order chi connectivity index (χ1) is 12.5. The van der Waals surface area contributed by atoms with Gasteiger partial charge in [-0.15, -0.1) is 0 Å². The summed E-state index contributed by atoms with van der Waals surface area (Å²) in [5, 5.41) is 6.03. The number of hydrogen-bond acceptors (Lipinski definition) is 6. The highest BCUT2D eigenvalue weighted by molar-refractivity contribution is 6.01. The maximum atomic E-state index is 14.8. The summed E-state index contributed by atoms with van der Waals surface area (Å²) in [5.41, 5.74) is 2.45. The van der Waals surface area contributed by atoms with Gasteiger partial charge in [-0.1, -0.05) is 11.2 Å². The second-order valence-electron chi connectivity index (χ2n) is 7.08. The molecule has 1 aliphatic heterocycles. The molecule has 142 valence electrons. The van der Waals surface area contributed by atoms with Gasteiger partial charge in [-0.3, -0.25) is 9.79 Å². The second kappa shape index (κ2) is 5.30. The van der Waals surface area contributed by atoms with Gasteiger partial charge < -0.3 is 15.6 Å². The number of anilines is 1. The molecule has 2 atom stereocenters.